The summed E-state index contributed by atoms with van der Waals surface area (Å²) in [5.41, 5.74) is 6.40. The van der Waals surface area contributed by atoms with Gasteiger partial charge in [-0.15, -0.1) is 0 Å². The van der Waals surface area contributed by atoms with Gasteiger partial charge in [0.15, 0.2) is 0 Å². The van der Waals surface area contributed by atoms with Crippen molar-refractivity contribution in [2.45, 2.75) is 19.4 Å². The van der Waals surface area contributed by atoms with Crippen LogP contribution in [0.2, 0.25) is 0 Å². The SMILES string of the molecule is Cc1cc(C(Cc2cccc3ccccc23)NN)ccn1. The average Bonchev–Trinajstić information content (AvgIpc) is 2.52. The topological polar surface area (TPSA) is 50.9 Å². The second-order valence-electron chi connectivity index (χ2n) is 5.29. The molecule has 0 saturated carbocycles. The molecule has 0 aliphatic carbocycles. The molecule has 0 spiro atoms. The first-order valence-corrected chi connectivity index (χ1v) is 7.13. The second kappa shape index (κ2) is 6.04. The quantitative estimate of drug-likeness (QED) is 0.568. The van der Waals surface area contributed by atoms with Gasteiger partial charge in [-0.25, -0.2) is 0 Å². The first-order valence-electron chi connectivity index (χ1n) is 7.13. The predicted molar refractivity (Wildman–Crippen MR) is 86.7 cm³/mol. The van der Waals surface area contributed by atoms with Crippen LogP contribution in [0.25, 0.3) is 10.8 Å². The van der Waals surface area contributed by atoms with E-state index in [0.29, 0.717) is 0 Å². The third-order valence-electron chi connectivity index (χ3n) is 3.83. The van der Waals surface area contributed by atoms with Crippen LogP contribution in [0.1, 0.15) is 22.9 Å². The van der Waals surface area contributed by atoms with Crippen molar-refractivity contribution >= 4 is 10.8 Å². The zero-order valence-corrected chi connectivity index (χ0v) is 12.1. The number of nitrogens with two attached hydrogens (primary N) is 1. The second-order valence-corrected chi connectivity index (χ2v) is 5.29. The number of benzene rings is 2. The number of hydrogen-bond donors (Lipinski definition) is 2. The number of hydrazine groups is 1. The summed E-state index contributed by atoms with van der Waals surface area (Å²) in [4.78, 5) is 4.24. The van der Waals surface area contributed by atoms with Gasteiger partial charge in [-0.2, -0.15) is 0 Å². The molecule has 1 aromatic heterocycles. The van der Waals surface area contributed by atoms with Crippen LogP contribution in [0.4, 0.5) is 0 Å². The average molecular weight is 277 g/mol. The van der Waals surface area contributed by atoms with Gasteiger partial charge in [-0.05, 0) is 47.4 Å². The third-order valence-corrected chi connectivity index (χ3v) is 3.83. The first kappa shape index (κ1) is 13.7. The maximum absolute atomic E-state index is 5.78. The van der Waals surface area contributed by atoms with Crippen molar-refractivity contribution in [3.8, 4) is 0 Å². The lowest BCUT2D eigenvalue weighted by Crippen LogP contribution is -2.29. The van der Waals surface area contributed by atoms with Gasteiger partial charge < -0.3 is 0 Å². The van der Waals surface area contributed by atoms with Crippen LogP contribution >= 0.6 is 0 Å². The van der Waals surface area contributed by atoms with Crippen LogP contribution in [0.5, 0.6) is 0 Å². The van der Waals surface area contributed by atoms with Gasteiger partial charge >= 0.3 is 0 Å². The fraction of sp³-hybridized carbons (Fsp3) is 0.167. The lowest BCUT2D eigenvalue weighted by atomic mass is 9.95. The Balaban J connectivity index is 1.96. The van der Waals surface area contributed by atoms with Crippen LogP contribution in [0.15, 0.2) is 60.8 Å². The fourth-order valence-electron chi connectivity index (χ4n) is 2.75. The largest absolute Gasteiger partial charge is 0.271 e. The summed E-state index contributed by atoms with van der Waals surface area (Å²) in [5.74, 6) is 5.78. The highest BCUT2D eigenvalue weighted by molar-refractivity contribution is 5.85. The molecule has 106 valence electrons. The van der Waals surface area contributed by atoms with Gasteiger partial charge in [0.1, 0.15) is 0 Å². The zero-order chi connectivity index (χ0) is 14.7. The van der Waals surface area contributed by atoms with Gasteiger partial charge in [-0.1, -0.05) is 42.5 Å². The van der Waals surface area contributed by atoms with Crippen molar-refractivity contribution in [3.63, 3.8) is 0 Å². The molecule has 1 heterocycles. The summed E-state index contributed by atoms with van der Waals surface area (Å²) in [6.45, 7) is 2.00. The molecule has 0 radical (unpaired) electrons. The number of pyridine rings is 1. The summed E-state index contributed by atoms with van der Waals surface area (Å²) in [6, 6.07) is 19.0. The van der Waals surface area contributed by atoms with Crippen molar-refractivity contribution in [3.05, 3.63) is 77.6 Å². The standard InChI is InChI=1S/C18H19N3/c1-13-11-16(9-10-20-13)18(21-19)12-15-7-4-6-14-5-2-3-8-17(14)15/h2-11,18,21H,12,19H2,1H3. The summed E-state index contributed by atoms with van der Waals surface area (Å²) in [5, 5.41) is 2.54. The zero-order valence-electron chi connectivity index (χ0n) is 12.1. The lowest BCUT2D eigenvalue weighted by molar-refractivity contribution is 0.552. The highest BCUT2D eigenvalue weighted by Crippen LogP contribution is 2.24. The van der Waals surface area contributed by atoms with E-state index in [4.69, 9.17) is 5.84 Å². The smallest absolute Gasteiger partial charge is 0.0501 e. The molecule has 1 atom stereocenters. The van der Waals surface area contributed by atoms with Crippen LogP contribution in [0.3, 0.4) is 0 Å². The number of nitrogens with one attached hydrogen (secondary N) is 1. The molecule has 0 aliphatic rings. The van der Waals surface area contributed by atoms with Crippen molar-refractivity contribution < 1.29 is 0 Å². The molecule has 3 heteroatoms. The van der Waals surface area contributed by atoms with E-state index in [-0.39, 0.29) is 6.04 Å². The Kier molecular flexibility index (Phi) is 3.95. The Morgan fingerprint density at radius 1 is 1.10 bits per heavy atom. The fourth-order valence-corrected chi connectivity index (χ4v) is 2.75. The number of fused-ring (bicyclic) bond motifs is 1. The van der Waals surface area contributed by atoms with Gasteiger partial charge in [0.2, 0.25) is 0 Å². The summed E-state index contributed by atoms with van der Waals surface area (Å²) in [6.07, 6.45) is 2.68. The maximum Gasteiger partial charge on any atom is 0.0501 e. The van der Waals surface area contributed by atoms with Gasteiger partial charge in [0.05, 0.1) is 6.04 Å². The van der Waals surface area contributed by atoms with E-state index >= 15 is 0 Å². The molecule has 3 nitrogen and oxygen atoms in total. The number of aryl methyl sites for hydroxylation is 1. The Bertz CT molecular complexity index is 747. The summed E-state index contributed by atoms with van der Waals surface area (Å²) in [7, 11) is 0. The van der Waals surface area contributed by atoms with Gasteiger partial charge in [-0.3, -0.25) is 16.3 Å². The minimum atomic E-state index is 0.0810. The number of hydrogen-bond acceptors (Lipinski definition) is 3. The molecule has 0 fully saturated rings. The molecular formula is C18H19N3. The lowest BCUT2D eigenvalue weighted by Gasteiger charge is -2.18. The Morgan fingerprint density at radius 3 is 2.71 bits per heavy atom. The molecule has 3 N–H and O–H groups in total. The number of nitrogens with zero attached hydrogens (tertiary/aromatic N) is 1. The van der Waals surface area contributed by atoms with Crippen LogP contribution in [-0.4, -0.2) is 4.98 Å². The highest BCUT2D eigenvalue weighted by Gasteiger charge is 2.12. The maximum atomic E-state index is 5.78. The van der Waals surface area contributed by atoms with Crippen LogP contribution in [-0.2, 0) is 6.42 Å². The van der Waals surface area contributed by atoms with Crippen molar-refractivity contribution in [1.29, 1.82) is 0 Å². The van der Waals surface area contributed by atoms with Gasteiger partial charge in [0.25, 0.3) is 0 Å². The Labute approximate surface area is 124 Å². The molecule has 0 bridgehead atoms. The van der Waals surface area contributed by atoms with E-state index < -0.39 is 0 Å². The van der Waals surface area contributed by atoms with Gasteiger partial charge in [0, 0.05) is 11.9 Å². The monoisotopic (exact) mass is 277 g/mol. The van der Waals surface area contributed by atoms with E-state index in [1.165, 1.54) is 16.3 Å². The molecule has 0 amide bonds. The van der Waals surface area contributed by atoms with Crippen LogP contribution in [0, 0.1) is 6.92 Å². The molecule has 0 saturated heterocycles. The minimum absolute atomic E-state index is 0.0810. The van der Waals surface area contributed by atoms with E-state index in [2.05, 4.69) is 58.9 Å². The minimum Gasteiger partial charge on any atom is -0.271 e. The third kappa shape index (κ3) is 2.94. The van der Waals surface area contributed by atoms with E-state index in [1.54, 1.807) is 0 Å². The number of rotatable bonds is 4. The van der Waals surface area contributed by atoms with Crippen molar-refractivity contribution in [1.82, 2.24) is 10.4 Å². The highest BCUT2D eigenvalue weighted by atomic mass is 15.2. The summed E-state index contributed by atoms with van der Waals surface area (Å²) < 4.78 is 0. The van der Waals surface area contributed by atoms with Crippen LogP contribution < -0.4 is 11.3 Å². The molecular weight excluding hydrogens is 258 g/mol. The molecule has 1 unspecified atom stereocenters. The molecule has 21 heavy (non-hydrogen) atoms. The van der Waals surface area contributed by atoms with Crippen molar-refractivity contribution in [2.75, 3.05) is 0 Å². The molecule has 2 aromatic carbocycles. The molecule has 3 aromatic rings. The predicted octanol–water partition coefficient (Wildman–Crippen LogP) is 3.29. The number of aromatic nitrogens is 1. The summed E-state index contributed by atoms with van der Waals surface area (Å²) >= 11 is 0. The molecule has 3 rings (SSSR count). The Hall–Kier alpha value is -2.23. The first-order chi connectivity index (χ1) is 10.3. The van der Waals surface area contributed by atoms with Crippen molar-refractivity contribution in [2.24, 2.45) is 5.84 Å². The van der Waals surface area contributed by atoms with E-state index in [1.807, 2.05) is 19.2 Å². The molecule has 0 aliphatic heterocycles. The van der Waals surface area contributed by atoms with E-state index in [9.17, 15) is 0 Å². The van der Waals surface area contributed by atoms with E-state index in [0.717, 1.165) is 17.7 Å². The normalized spacial score (nSPS) is 12.5. The Morgan fingerprint density at radius 2 is 1.90 bits per heavy atom.